The molecule has 4 aromatic rings. The number of carbonyl (C=O) groups excluding carboxylic acids is 1. The molecule has 0 saturated heterocycles. The molecule has 0 atom stereocenters. The zero-order valence-electron chi connectivity index (χ0n) is 17.8. The summed E-state index contributed by atoms with van der Waals surface area (Å²) in [5, 5.41) is 11.9. The van der Waals surface area contributed by atoms with Gasteiger partial charge in [0.15, 0.2) is 11.5 Å². The van der Waals surface area contributed by atoms with Gasteiger partial charge in [0, 0.05) is 36.4 Å². The summed E-state index contributed by atoms with van der Waals surface area (Å²) in [5.41, 5.74) is 3.71. The van der Waals surface area contributed by atoms with Crippen LogP contribution in [0, 0.1) is 17.2 Å². The molecule has 3 heterocycles. The van der Waals surface area contributed by atoms with Crippen LogP contribution in [0.25, 0.3) is 16.9 Å². The summed E-state index contributed by atoms with van der Waals surface area (Å²) in [6.07, 6.45) is 5.87. The van der Waals surface area contributed by atoms with Crippen molar-refractivity contribution >= 4 is 11.4 Å². The molecular weight excluding hydrogens is 402 g/mol. The number of benzene rings is 1. The Hall–Kier alpha value is -4.05. The van der Waals surface area contributed by atoms with Crippen molar-refractivity contribution in [2.24, 2.45) is 5.92 Å². The molecule has 0 aliphatic heterocycles. The van der Waals surface area contributed by atoms with Crippen LogP contribution in [0.2, 0.25) is 0 Å². The Kier molecular flexibility index (Phi) is 6.52. The lowest BCUT2D eigenvalue weighted by atomic mass is 10.1. The summed E-state index contributed by atoms with van der Waals surface area (Å²) in [6.45, 7) is 1.91. The lowest BCUT2D eigenvalue weighted by molar-refractivity contribution is -0.119. The molecule has 0 spiro atoms. The van der Waals surface area contributed by atoms with Crippen LogP contribution in [-0.4, -0.2) is 25.4 Å². The molecule has 1 aromatic carbocycles. The highest BCUT2D eigenvalue weighted by molar-refractivity contribution is 5.84. The van der Waals surface area contributed by atoms with Crippen molar-refractivity contribution in [1.82, 2.24) is 19.6 Å². The van der Waals surface area contributed by atoms with Crippen molar-refractivity contribution in [1.29, 1.82) is 5.26 Å². The van der Waals surface area contributed by atoms with E-state index in [1.54, 1.807) is 23.0 Å². The lowest BCUT2D eigenvalue weighted by Gasteiger charge is -2.08. The van der Waals surface area contributed by atoms with E-state index in [4.69, 9.17) is 10.00 Å². The summed E-state index contributed by atoms with van der Waals surface area (Å²) in [6, 6.07) is 19.4. The van der Waals surface area contributed by atoms with Crippen LogP contribution in [0.4, 0.5) is 0 Å². The molecule has 0 radical (unpaired) electrons. The van der Waals surface area contributed by atoms with Gasteiger partial charge in [-0.2, -0.15) is 10.4 Å². The molecule has 160 valence electrons. The maximum atomic E-state index is 12.1. The Balaban J connectivity index is 0.000000775. The van der Waals surface area contributed by atoms with Gasteiger partial charge in [-0.1, -0.05) is 12.1 Å². The fourth-order valence-corrected chi connectivity index (χ4v) is 3.32. The third kappa shape index (κ3) is 5.16. The maximum Gasteiger partial charge on any atom is 0.159 e. The fourth-order valence-electron chi connectivity index (χ4n) is 3.32. The normalized spacial score (nSPS) is 12.5. The van der Waals surface area contributed by atoms with E-state index in [1.807, 2.05) is 54.6 Å². The summed E-state index contributed by atoms with van der Waals surface area (Å²) in [5.74, 6) is 1.85. The predicted molar refractivity (Wildman–Crippen MR) is 120 cm³/mol. The third-order valence-corrected chi connectivity index (χ3v) is 5.05. The number of nitriles is 1. The minimum atomic E-state index is 0.222. The number of pyridine rings is 2. The van der Waals surface area contributed by atoms with Crippen LogP contribution in [0.15, 0.2) is 67.0 Å². The SMILES string of the molecule is CC#N.O=C(Cc1nc2cccc(-c3ccc(OCc4cccnc4)cc3)n2n1)C1CC1. The van der Waals surface area contributed by atoms with E-state index in [-0.39, 0.29) is 11.7 Å². The van der Waals surface area contributed by atoms with Gasteiger partial charge in [0.25, 0.3) is 0 Å². The highest BCUT2D eigenvalue weighted by atomic mass is 16.5. The Morgan fingerprint density at radius 1 is 1.16 bits per heavy atom. The summed E-state index contributed by atoms with van der Waals surface area (Å²) >= 11 is 0. The Morgan fingerprint density at radius 2 is 1.94 bits per heavy atom. The summed E-state index contributed by atoms with van der Waals surface area (Å²) in [4.78, 5) is 20.7. The lowest BCUT2D eigenvalue weighted by Crippen LogP contribution is -2.06. The van der Waals surface area contributed by atoms with E-state index in [9.17, 15) is 4.79 Å². The van der Waals surface area contributed by atoms with Gasteiger partial charge < -0.3 is 4.74 Å². The van der Waals surface area contributed by atoms with Crippen LogP contribution in [0.3, 0.4) is 0 Å². The standard InChI is InChI=1S/C23H20N4O2.C2H3N/c28-21(18-6-7-18)13-22-25-23-5-1-4-20(27(23)26-22)17-8-10-19(11-9-17)29-15-16-3-2-12-24-14-16;1-2-3/h1-5,8-12,14,18H,6-7,13,15H2;1H3. The number of nitrogens with zero attached hydrogens (tertiary/aromatic N) is 5. The molecule has 32 heavy (non-hydrogen) atoms. The molecule has 3 aromatic heterocycles. The van der Waals surface area contributed by atoms with E-state index in [0.717, 1.165) is 41.1 Å². The van der Waals surface area contributed by atoms with Gasteiger partial charge in [-0.25, -0.2) is 9.50 Å². The Bertz CT molecular complexity index is 1240. The first kappa shape index (κ1) is 21.2. The second-order valence-electron chi connectivity index (χ2n) is 7.52. The summed E-state index contributed by atoms with van der Waals surface area (Å²) in [7, 11) is 0. The molecule has 7 heteroatoms. The number of hydrogen-bond donors (Lipinski definition) is 0. The topological polar surface area (TPSA) is 93.2 Å². The number of Topliss-reactive ketones (excluding diaryl/α,β-unsaturated/α-hetero) is 1. The van der Waals surface area contributed by atoms with Gasteiger partial charge in [-0.3, -0.25) is 9.78 Å². The van der Waals surface area contributed by atoms with Gasteiger partial charge in [-0.15, -0.1) is 0 Å². The van der Waals surface area contributed by atoms with Crippen LogP contribution in [0.1, 0.15) is 31.2 Å². The summed E-state index contributed by atoms with van der Waals surface area (Å²) < 4.78 is 7.64. The largest absolute Gasteiger partial charge is 0.489 e. The van der Waals surface area contributed by atoms with E-state index < -0.39 is 0 Å². The minimum absolute atomic E-state index is 0.222. The quantitative estimate of drug-likeness (QED) is 0.435. The van der Waals surface area contributed by atoms with Crippen molar-refractivity contribution in [2.75, 3.05) is 0 Å². The Labute approximate surface area is 186 Å². The van der Waals surface area contributed by atoms with Gasteiger partial charge in [0.05, 0.1) is 18.2 Å². The van der Waals surface area contributed by atoms with E-state index in [2.05, 4.69) is 15.1 Å². The molecule has 0 amide bonds. The van der Waals surface area contributed by atoms with Gasteiger partial charge in [0.2, 0.25) is 0 Å². The number of carbonyl (C=O) groups is 1. The molecule has 1 aliphatic carbocycles. The zero-order valence-corrected chi connectivity index (χ0v) is 17.8. The first-order valence-corrected chi connectivity index (χ1v) is 10.5. The fraction of sp³-hybridized carbons (Fsp3) is 0.240. The van der Waals surface area contributed by atoms with Gasteiger partial charge in [0.1, 0.15) is 18.1 Å². The number of fused-ring (bicyclic) bond motifs is 1. The monoisotopic (exact) mass is 425 g/mol. The first-order valence-electron chi connectivity index (χ1n) is 10.5. The zero-order chi connectivity index (χ0) is 22.3. The number of rotatable bonds is 7. The molecule has 0 bridgehead atoms. The van der Waals surface area contributed by atoms with Crippen LogP contribution in [0.5, 0.6) is 5.75 Å². The van der Waals surface area contributed by atoms with Crippen molar-refractivity contribution in [3.8, 4) is 23.1 Å². The molecule has 7 nitrogen and oxygen atoms in total. The second kappa shape index (κ2) is 9.84. The Morgan fingerprint density at radius 3 is 2.62 bits per heavy atom. The maximum absolute atomic E-state index is 12.1. The molecule has 0 unspecified atom stereocenters. The van der Waals surface area contributed by atoms with Crippen molar-refractivity contribution in [3.63, 3.8) is 0 Å². The second-order valence-corrected chi connectivity index (χ2v) is 7.52. The smallest absolute Gasteiger partial charge is 0.159 e. The van der Waals surface area contributed by atoms with Crippen LogP contribution >= 0.6 is 0 Å². The average molecular weight is 425 g/mol. The first-order chi connectivity index (χ1) is 15.7. The van der Waals surface area contributed by atoms with Gasteiger partial charge >= 0.3 is 0 Å². The number of ether oxygens (including phenoxy) is 1. The minimum Gasteiger partial charge on any atom is -0.489 e. The molecule has 1 fully saturated rings. The number of aromatic nitrogens is 4. The van der Waals surface area contributed by atoms with Crippen LogP contribution in [-0.2, 0) is 17.8 Å². The van der Waals surface area contributed by atoms with Gasteiger partial charge in [-0.05, 0) is 55.3 Å². The van der Waals surface area contributed by atoms with Crippen molar-refractivity contribution in [3.05, 3.63) is 78.4 Å². The molecule has 1 saturated carbocycles. The number of ketones is 1. The predicted octanol–water partition coefficient (Wildman–Crippen LogP) is 4.42. The van der Waals surface area contributed by atoms with Crippen molar-refractivity contribution < 1.29 is 9.53 Å². The van der Waals surface area contributed by atoms with E-state index in [0.29, 0.717) is 18.9 Å². The average Bonchev–Trinajstić information content (AvgIpc) is 3.59. The third-order valence-electron chi connectivity index (χ3n) is 5.05. The molecular formula is C25H23N5O2. The highest BCUT2D eigenvalue weighted by Crippen LogP contribution is 2.31. The molecule has 1 aliphatic rings. The molecule has 5 rings (SSSR count). The number of hydrogen-bond acceptors (Lipinski definition) is 6. The van der Waals surface area contributed by atoms with Crippen LogP contribution < -0.4 is 4.74 Å². The van der Waals surface area contributed by atoms with E-state index in [1.165, 1.54) is 6.92 Å². The highest BCUT2D eigenvalue weighted by Gasteiger charge is 2.30. The van der Waals surface area contributed by atoms with E-state index >= 15 is 0 Å². The molecule has 0 N–H and O–H groups in total. The van der Waals surface area contributed by atoms with Crippen molar-refractivity contribution in [2.45, 2.75) is 32.8 Å².